The third-order valence-corrected chi connectivity index (χ3v) is 4.73. The molecule has 0 heterocycles. The minimum absolute atomic E-state index is 0.0183. The summed E-state index contributed by atoms with van der Waals surface area (Å²) in [5.74, 6) is 8.70. The summed E-state index contributed by atoms with van der Waals surface area (Å²) in [6, 6.07) is 3.58. The predicted molar refractivity (Wildman–Crippen MR) is 104 cm³/mol. The Morgan fingerprint density at radius 3 is 2.45 bits per heavy atom. The summed E-state index contributed by atoms with van der Waals surface area (Å²) in [7, 11) is 0. The monoisotopic (exact) mass is 433 g/mol. The van der Waals surface area contributed by atoms with E-state index in [9.17, 15) is 28.3 Å². The Morgan fingerprint density at radius 2 is 1.90 bits per heavy atom. The van der Waals surface area contributed by atoms with Gasteiger partial charge in [-0.3, -0.25) is 19.6 Å². The van der Waals surface area contributed by atoms with Crippen LogP contribution in [-0.2, 0) is 9.59 Å². The highest BCUT2D eigenvalue weighted by Crippen LogP contribution is 2.40. The Morgan fingerprint density at radius 1 is 1.26 bits per heavy atom. The summed E-state index contributed by atoms with van der Waals surface area (Å²) in [6.07, 6.45) is -2.24. The van der Waals surface area contributed by atoms with E-state index in [1.807, 2.05) is 5.32 Å². The number of alkyl halides is 2. The zero-order valence-electron chi connectivity index (χ0n) is 16.5. The van der Waals surface area contributed by atoms with Crippen LogP contribution < -0.4 is 16.5 Å². The van der Waals surface area contributed by atoms with Gasteiger partial charge in [-0.15, -0.1) is 0 Å². The molecule has 8 nitrogen and oxygen atoms in total. The highest BCUT2D eigenvalue weighted by atomic mass is 19.3. The molecule has 1 saturated carbocycles. The fourth-order valence-electron chi connectivity index (χ4n) is 2.73. The van der Waals surface area contributed by atoms with Crippen molar-refractivity contribution in [3.8, 4) is 23.7 Å². The Kier molecular flexibility index (Phi) is 7.70. The highest BCUT2D eigenvalue weighted by Gasteiger charge is 2.46. The molecule has 3 unspecified atom stereocenters. The van der Waals surface area contributed by atoms with Gasteiger partial charge in [0.15, 0.2) is 5.60 Å². The van der Waals surface area contributed by atoms with Gasteiger partial charge in [0.1, 0.15) is 6.04 Å². The van der Waals surface area contributed by atoms with Crippen molar-refractivity contribution in [3.05, 3.63) is 35.4 Å². The number of carbonyl (C=O) groups is 3. The number of benzene rings is 1. The maximum atomic E-state index is 13.0. The maximum Gasteiger partial charge on any atom is 0.269 e. The van der Waals surface area contributed by atoms with Crippen LogP contribution in [0.5, 0.6) is 0 Å². The number of hydrogen-bond donors (Lipinski definition) is 5. The summed E-state index contributed by atoms with van der Waals surface area (Å²) in [5, 5.41) is 20.5. The van der Waals surface area contributed by atoms with Crippen LogP contribution in [0.3, 0.4) is 0 Å². The van der Waals surface area contributed by atoms with Gasteiger partial charge < -0.3 is 16.2 Å². The van der Waals surface area contributed by atoms with Crippen molar-refractivity contribution in [3.63, 3.8) is 0 Å². The fraction of sp³-hybridized carbons (Fsp3) is 0.381. The Hall–Kier alpha value is -3.47. The summed E-state index contributed by atoms with van der Waals surface area (Å²) in [4.78, 5) is 34.7. The van der Waals surface area contributed by atoms with Gasteiger partial charge in [-0.1, -0.05) is 11.8 Å². The standard InChI is InChI=1S/C21H21F2N3O5/c1-21(30,20(22)23)17(19(29)26-31)25-18(28)13-8-6-12(7-9-13)4-2-3-5-14-10-15(14)11-16(24)27/h6-9,14-15,17,20,30-31H,10-11H2,1H3,(H2,24,27)(H,25,28)(H,26,29)/t14?,15?,17-,21?/m1/s1. The molecule has 0 saturated heterocycles. The molecule has 1 aromatic carbocycles. The third kappa shape index (κ3) is 6.51. The predicted octanol–water partition coefficient (Wildman–Crippen LogP) is 0.173. The van der Waals surface area contributed by atoms with Crippen LogP contribution >= 0.6 is 0 Å². The van der Waals surface area contributed by atoms with E-state index in [2.05, 4.69) is 23.7 Å². The van der Waals surface area contributed by atoms with Crippen molar-refractivity contribution < 1.29 is 33.5 Å². The van der Waals surface area contributed by atoms with Crippen LogP contribution in [0.25, 0.3) is 0 Å². The van der Waals surface area contributed by atoms with E-state index in [0.717, 1.165) is 11.9 Å². The Balaban J connectivity index is 2.01. The normalized spacial score (nSPS) is 19.5. The number of halogens is 2. The van der Waals surface area contributed by atoms with E-state index < -0.39 is 29.9 Å². The lowest BCUT2D eigenvalue weighted by molar-refractivity contribution is -0.149. The van der Waals surface area contributed by atoms with Crippen LogP contribution in [0.15, 0.2) is 24.3 Å². The Bertz CT molecular complexity index is 971. The van der Waals surface area contributed by atoms with Crippen LogP contribution in [0.2, 0.25) is 0 Å². The first-order chi connectivity index (χ1) is 14.6. The summed E-state index contributed by atoms with van der Waals surface area (Å²) in [6.45, 7) is 0.662. The maximum absolute atomic E-state index is 13.0. The molecule has 1 aliphatic carbocycles. The zero-order chi connectivity index (χ0) is 23.2. The van der Waals surface area contributed by atoms with Gasteiger partial charge in [-0.05, 0) is 55.4 Å². The summed E-state index contributed by atoms with van der Waals surface area (Å²) >= 11 is 0. The molecule has 2 rings (SSSR count). The molecule has 0 aromatic heterocycles. The highest BCUT2D eigenvalue weighted by molar-refractivity contribution is 5.97. The van der Waals surface area contributed by atoms with Gasteiger partial charge in [0, 0.05) is 23.5 Å². The van der Waals surface area contributed by atoms with Gasteiger partial charge in [-0.25, -0.2) is 14.3 Å². The second-order valence-corrected chi connectivity index (χ2v) is 7.28. The average Bonchev–Trinajstić information content (AvgIpc) is 3.45. The lowest BCUT2D eigenvalue weighted by atomic mass is 9.95. The van der Waals surface area contributed by atoms with E-state index in [-0.39, 0.29) is 23.3 Å². The molecule has 0 spiro atoms. The van der Waals surface area contributed by atoms with Crippen molar-refractivity contribution in [2.45, 2.75) is 37.8 Å². The summed E-state index contributed by atoms with van der Waals surface area (Å²) < 4.78 is 26.1. The van der Waals surface area contributed by atoms with Gasteiger partial charge in [0.05, 0.1) is 0 Å². The quantitative estimate of drug-likeness (QED) is 0.237. The summed E-state index contributed by atoms with van der Waals surface area (Å²) in [5.41, 5.74) is 3.90. The first-order valence-electron chi connectivity index (χ1n) is 9.21. The zero-order valence-corrected chi connectivity index (χ0v) is 16.5. The van der Waals surface area contributed by atoms with E-state index in [0.29, 0.717) is 18.9 Å². The van der Waals surface area contributed by atoms with Gasteiger partial charge >= 0.3 is 0 Å². The molecule has 0 aliphatic heterocycles. The van der Waals surface area contributed by atoms with Crippen molar-refractivity contribution in [2.75, 3.05) is 0 Å². The lowest BCUT2D eigenvalue weighted by Gasteiger charge is -2.30. The molecule has 0 bridgehead atoms. The van der Waals surface area contributed by atoms with Crippen molar-refractivity contribution in [1.29, 1.82) is 0 Å². The molecule has 6 N–H and O–H groups in total. The van der Waals surface area contributed by atoms with Crippen molar-refractivity contribution in [1.82, 2.24) is 10.8 Å². The average molecular weight is 433 g/mol. The first kappa shape index (κ1) is 23.8. The van der Waals surface area contributed by atoms with Gasteiger partial charge in [0.25, 0.3) is 18.2 Å². The van der Waals surface area contributed by atoms with Gasteiger partial charge in [-0.2, -0.15) is 0 Å². The number of aliphatic hydroxyl groups is 1. The van der Waals surface area contributed by atoms with Crippen LogP contribution in [0, 0.1) is 35.5 Å². The molecule has 164 valence electrons. The molecule has 1 fully saturated rings. The molecule has 4 atom stereocenters. The number of hydrogen-bond acceptors (Lipinski definition) is 5. The molecular weight excluding hydrogens is 412 g/mol. The van der Waals surface area contributed by atoms with E-state index >= 15 is 0 Å². The van der Waals surface area contributed by atoms with Crippen molar-refractivity contribution in [2.24, 2.45) is 17.6 Å². The largest absolute Gasteiger partial charge is 0.381 e. The SMILES string of the molecule is CC(O)(C(F)F)[C@H](NC(=O)c1ccc(C#CC#CC2CC2CC(N)=O)cc1)C(=O)NO. The van der Waals surface area contributed by atoms with Gasteiger partial charge in [0.2, 0.25) is 5.91 Å². The number of nitrogens with one attached hydrogen (secondary N) is 2. The third-order valence-electron chi connectivity index (χ3n) is 4.73. The number of primary amides is 1. The number of rotatable bonds is 7. The number of hydroxylamine groups is 1. The van der Waals surface area contributed by atoms with Crippen molar-refractivity contribution >= 4 is 17.7 Å². The molecule has 10 heteroatoms. The second-order valence-electron chi connectivity index (χ2n) is 7.28. The minimum atomic E-state index is -3.37. The van der Waals surface area contributed by atoms with E-state index in [1.165, 1.54) is 24.3 Å². The number of nitrogens with two attached hydrogens (primary N) is 1. The van der Waals surface area contributed by atoms with Crippen LogP contribution in [-0.4, -0.2) is 46.1 Å². The van der Waals surface area contributed by atoms with Crippen LogP contribution in [0.4, 0.5) is 8.78 Å². The lowest BCUT2D eigenvalue weighted by Crippen LogP contribution is -2.61. The number of carbonyl (C=O) groups excluding carboxylic acids is 3. The molecule has 31 heavy (non-hydrogen) atoms. The second kappa shape index (κ2) is 10.0. The Labute approximate surface area is 177 Å². The fourth-order valence-corrected chi connectivity index (χ4v) is 2.73. The molecular formula is C21H21F2N3O5. The van der Waals surface area contributed by atoms with E-state index in [4.69, 9.17) is 10.9 Å². The smallest absolute Gasteiger partial charge is 0.269 e. The molecule has 3 amide bonds. The molecule has 0 radical (unpaired) electrons. The topological polar surface area (TPSA) is 142 Å². The van der Waals surface area contributed by atoms with E-state index in [1.54, 1.807) is 0 Å². The van der Waals surface area contributed by atoms with Crippen LogP contribution in [0.1, 0.15) is 35.7 Å². The minimum Gasteiger partial charge on any atom is -0.381 e. The first-order valence-corrected chi connectivity index (χ1v) is 9.21. The molecule has 1 aromatic rings. The molecule has 1 aliphatic rings. The number of amides is 3.